The van der Waals surface area contributed by atoms with Gasteiger partial charge < -0.3 is 10.1 Å². The highest BCUT2D eigenvalue weighted by Crippen LogP contribution is 2.50. The Morgan fingerprint density at radius 1 is 0.818 bits per heavy atom. The molecule has 3 atom stereocenters. The predicted molar refractivity (Wildman–Crippen MR) is 137 cm³/mol. The minimum Gasteiger partial charge on any atom is -0.494 e. The zero-order valence-electron chi connectivity index (χ0n) is 18.8. The Morgan fingerprint density at radius 2 is 1.67 bits per heavy atom. The first-order chi connectivity index (χ1) is 16.3. The Morgan fingerprint density at radius 3 is 2.58 bits per heavy atom. The Hall–Kier alpha value is -3.52. The average molecular weight is 432 g/mol. The summed E-state index contributed by atoms with van der Waals surface area (Å²) in [5, 5.41) is 6.48. The molecule has 0 fully saturated rings. The number of ether oxygens (including phenoxy) is 1. The summed E-state index contributed by atoms with van der Waals surface area (Å²) in [6.45, 7) is 0.741. The van der Waals surface area contributed by atoms with Crippen LogP contribution >= 0.6 is 0 Å². The molecule has 3 unspecified atom stereocenters. The van der Waals surface area contributed by atoms with Crippen LogP contribution in [0, 0.1) is 5.92 Å². The van der Waals surface area contributed by atoms with Crippen molar-refractivity contribution in [3.63, 3.8) is 0 Å². The van der Waals surface area contributed by atoms with Crippen LogP contribution in [0.4, 0.5) is 5.69 Å². The predicted octanol–water partition coefficient (Wildman–Crippen LogP) is 7.68. The molecule has 33 heavy (non-hydrogen) atoms. The van der Waals surface area contributed by atoms with Gasteiger partial charge in [0.2, 0.25) is 0 Å². The van der Waals surface area contributed by atoms with Gasteiger partial charge in [0.25, 0.3) is 0 Å². The maximum atomic E-state index is 6.15. The van der Waals surface area contributed by atoms with Gasteiger partial charge in [-0.2, -0.15) is 0 Å². The number of rotatable bonds is 6. The number of aryl methyl sites for hydroxylation is 1. The molecule has 1 aliphatic carbocycles. The van der Waals surface area contributed by atoms with Crippen LogP contribution in [0.5, 0.6) is 5.75 Å². The van der Waals surface area contributed by atoms with E-state index in [1.165, 1.54) is 33.2 Å². The molecule has 2 nitrogen and oxygen atoms in total. The molecular weight excluding hydrogens is 402 g/mol. The van der Waals surface area contributed by atoms with E-state index >= 15 is 0 Å². The van der Waals surface area contributed by atoms with Crippen LogP contribution in [-0.4, -0.2) is 6.61 Å². The number of anilines is 1. The second-order valence-corrected chi connectivity index (χ2v) is 9.27. The minimum absolute atomic E-state index is 0.319. The lowest BCUT2D eigenvalue weighted by Crippen LogP contribution is -2.29. The molecular formula is C31H29NO. The highest BCUT2D eigenvalue weighted by Gasteiger charge is 2.38. The molecule has 0 aromatic heterocycles. The molecule has 2 aliphatic rings. The van der Waals surface area contributed by atoms with Crippen LogP contribution in [-0.2, 0) is 6.42 Å². The molecule has 0 saturated carbocycles. The summed E-state index contributed by atoms with van der Waals surface area (Å²) in [6.07, 6.45) is 7.94. The van der Waals surface area contributed by atoms with Gasteiger partial charge in [0, 0.05) is 11.6 Å². The molecule has 1 heterocycles. The number of hydrogen-bond acceptors (Lipinski definition) is 2. The van der Waals surface area contributed by atoms with E-state index in [4.69, 9.17) is 4.74 Å². The molecule has 164 valence electrons. The van der Waals surface area contributed by atoms with Crippen LogP contribution in [0.25, 0.3) is 10.8 Å². The van der Waals surface area contributed by atoms with Gasteiger partial charge in [0.15, 0.2) is 0 Å². The number of nitrogens with one attached hydrogen (secondary N) is 1. The van der Waals surface area contributed by atoms with E-state index in [0.717, 1.165) is 31.6 Å². The molecule has 2 heteroatoms. The topological polar surface area (TPSA) is 21.3 Å². The van der Waals surface area contributed by atoms with Crippen LogP contribution in [0.2, 0.25) is 0 Å². The third kappa shape index (κ3) is 4.02. The first-order valence-corrected chi connectivity index (χ1v) is 12.1. The molecule has 6 rings (SSSR count). The van der Waals surface area contributed by atoms with Gasteiger partial charge in [-0.1, -0.05) is 78.9 Å². The van der Waals surface area contributed by atoms with Gasteiger partial charge in [-0.05, 0) is 76.9 Å². The summed E-state index contributed by atoms with van der Waals surface area (Å²) in [5.74, 6) is 1.95. The van der Waals surface area contributed by atoms with Gasteiger partial charge in [0.1, 0.15) is 5.75 Å². The monoisotopic (exact) mass is 431 g/mol. The smallest absolute Gasteiger partial charge is 0.119 e. The molecule has 0 bridgehead atoms. The average Bonchev–Trinajstić information content (AvgIpc) is 3.37. The molecule has 0 spiro atoms. The quantitative estimate of drug-likeness (QED) is 0.250. The summed E-state index contributed by atoms with van der Waals surface area (Å²) in [6, 6.07) is 33.1. The second-order valence-electron chi connectivity index (χ2n) is 9.27. The van der Waals surface area contributed by atoms with Crippen molar-refractivity contribution in [2.24, 2.45) is 5.92 Å². The lowest BCUT2D eigenvalue weighted by molar-refractivity contribution is 0.310. The number of benzene rings is 4. The molecule has 1 aliphatic heterocycles. The third-order valence-corrected chi connectivity index (χ3v) is 7.19. The second kappa shape index (κ2) is 8.78. The maximum Gasteiger partial charge on any atom is 0.119 e. The summed E-state index contributed by atoms with van der Waals surface area (Å²) in [5.41, 5.74) is 5.35. The van der Waals surface area contributed by atoms with Crippen molar-refractivity contribution in [3.8, 4) is 5.75 Å². The maximum absolute atomic E-state index is 6.15. The summed E-state index contributed by atoms with van der Waals surface area (Å²) >= 11 is 0. The standard InChI is InChI=1S/C31H29NO/c1-2-8-22(9-3-1)10-7-19-33-26-17-18-30-29(21-26)27-13-6-14-28(27)31(32-30)25-16-15-23-11-4-5-12-24(23)20-25/h1-6,8-9,11-13,15-18,20-21,27-28,31-32H,7,10,14,19H2. The lowest BCUT2D eigenvalue weighted by atomic mass is 9.77. The van der Waals surface area contributed by atoms with E-state index in [2.05, 4.69) is 108 Å². The van der Waals surface area contributed by atoms with Crippen LogP contribution in [0.1, 0.15) is 41.5 Å². The normalized spacial score (nSPS) is 20.8. The number of hydrogen-bond donors (Lipinski definition) is 1. The van der Waals surface area contributed by atoms with E-state index in [1.54, 1.807) is 0 Å². The van der Waals surface area contributed by atoms with Crippen molar-refractivity contribution in [3.05, 3.63) is 120 Å². The van der Waals surface area contributed by atoms with Crippen LogP contribution in [0.15, 0.2) is 103 Å². The molecule has 0 amide bonds. The third-order valence-electron chi connectivity index (χ3n) is 7.19. The fraction of sp³-hybridized carbons (Fsp3) is 0.226. The van der Waals surface area contributed by atoms with Gasteiger partial charge >= 0.3 is 0 Å². The highest BCUT2D eigenvalue weighted by atomic mass is 16.5. The highest BCUT2D eigenvalue weighted by molar-refractivity contribution is 5.83. The van der Waals surface area contributed by atoms with Crippen molar-refractivity contribution in [1.29, 1.82) is 0 Å². The van der Waals surface area contributed by atoms with Crippen LogP contribution in [0.3, 0.4) is 0 Å². The van der Waals surface area contributed by atoms with Crippen molar-refractivity contribution in [1.82, 2.24) is 0 Å². The largest absolute Gasteiger partial charge is 0.494 e. The van der Waals surface area contributed by atoms with Gasteiger partial charge in [0.05, 0.1) is 12.6 Å². The van der Waals surface area contributed by atoms with Crippen LogP contribution < -0.4 is 10.1 Å². The van der Waals surface area contributed by atoms with Crippen molar-refractivity contribution >= 4 is 16.5 Å². The Balaban J connectivity index is 1.20. The molecule has 1 N–H and O–H groups in total. The number of fused-ring (bicyclic) bond motifs is 4. The SMILES string of the molecule is C1=CC2c3cc(OCCCc4ccccc4)ccc3NC(c3ccc4ccccc4c3)C2C1. The fourth-order valence-electron chi connectivity index (χ4n) is 5.50. The van der Waals surface area contributed by atoms with Crippen molar-refractivity contribution < 1.29 is 4.74 Å². The first kappa shape index (κ1) is 20.1. The van der Waals surface area contributed by atoms with Crippen molar-refractivity contribution in [2.75, 3.05) is 11.9 Å². The molecule has 0 saturated heterocycles. The van der Waals surface area contributed by atoms with Gasteiger partial charge in [-0.15, -0.1) is 0 Å². The molecule has 4 aromatic carbocycles. The zero-order chi connectivity index (χ0) is 22.0. The summed E-state index contributed by atoms with van der Waals surface area (Å²) < 4.78 is 6.15. The Kier molecular flexibility index (Phi) is 5.35. The van der Waals surface area contributed by atoms with Crippen molar-refractivity contribution in [2.45, 2.75) is 31.2 Å². The summed E-state index contributed by atoms with van der Waals surface area (Å²) in [4.78, 5) is 0. The van der Waals surface area contributed by atoms with E-state index in [1.807, 2.05) is 0 Å². The first-order valence-electron chi connectivity index (χ1n) is 12.1. The van der Waals surface area contributed by atoms with E-state index in [0.29, 0.717) is 17.9 Å². The zero-order valence-corrected chi connectivity index (χ0v) is 18.8. The van der Waals surface area contributed by atoms with Gasteiger partial charge in [-0.3, -0.25) is 0 Å². The van der Waals surface area contributed by atoms with E-state index < -0.39 is 0 Å². The lowest BCUT2D eigenvalue weighted by Gasteiger charge is -2.37. The molecule has 0 radical (unpaired) electrons. The van der Waals surface area contributed by atoms with E-state index in [9.17, 15) is 0 Å². The molecule has 4 aromatic rings. The minimum atomic E-state index is 0.319. The Labute approximate surface area is 195 Å². The summed E-state index contributed by atoms with van der Waals surface area (Å²) in [7, 11) is 0. The van der Waals surface area contributed by atoms with Gasteiger partial charge in [-0.25, -0.2) is 0 Å². The Bertz CT molecular complexity index is 1290. The fourth-order valence-corrected chi connectivity index (χ4v) is 5.50. The van der Waals surface area contributed by atoms with E-state index in [-0.39, 0.29) is 0 Å². The number of allylic oxidation sites excluding steroid dienone is 2.